The van der Waals surface area contributed by atoms with Crippen LogP contribution in [-0.2, 0) is 10.0 Å². The van der Waals surface area contributed by atoms with Gasteiger partial charge in [-0.05, 0) is 37.3 Å². The number of hydrogen-bond acceptors (Lipinski definition) is 5. The molecule has 108 valence electrons. The third-order valence-electron chi connectivity index (χ3n) is 4.16. The van der Waals surface area contributed by atoms with Crippen LogP contribution in [0, 0.1) is 16.0 Å². The molecule has 2 atom stereocenters. The van der Waals surface area contributed by atoms with E-state index in [0.717, 1.165) is 25.3 Å². The highest BCUT2D eigenvalue weighted by Gasteiger charge is 2.44. The largest absolute Gasteiger partial charge is 0.393 e. The van der Waals surface area contributed by atoms with Gasteiger partial charge in [-0.3, -0.25) is 10.1 Å². The number of nitrogens with zero attached hydrogens (tertiary/aromatic N) is 2. The number of fused-ring (bicyclic) bond motifs is 2. The molecule has 1 aliphatic heterocycles. The fourth-order valence-electron chi connectivity index (χ4n) is 3.15. The van der Waals surface area contributed by atoms with Crippen molar-refractivity contribution in [3.8, 4) is 0 Å². The number of benzene rings is 1. The molecule has 8 heteroatoms. The minimum absolute atomic E-state index is 0.0307. The molecule has 2 bridgehead atoms. The van der Waals surface area contributed by atoms with Gasteiger partial charge in [0.2, 0.25) is 10.0 Å². The first-order valence-corrected chi connectivity index (χ1v) is 7.89. The van der Waals surface area contributed by atoms with Crippen LogP contribution in [0.4, 0.5) is 11.4 Å². The molecule has 7 nitrogen and oxygen atoms in total. The summed E-state index contributed by atoms with van der Waals surface area (Å²) in [6.07, 6.45) is 2.84. The number of hydrogen-bond donors (Lipinski definition) is 1. The third-order valence-corrected chi connectivity index (χ3v) is 6.08. The van der Waals surface area contributed by atoms with Gasteiger partial charge in [-0.25, -0.2) is 8.42 Å². The highest BCUT2D eigenvalue weighted by atomic mass is 32.2. The van der Waals surface area contributed by atoms with Gasteiger partial charge in [0.25, 0.3) is 5.69 Å². The van der Waals surface area contributed by atoms with Crippen LogP contribution in [0.1, 0.15) is 19.3 Å². The van der Waals surface area contributed by atoms with E-state index in [-0.39, 0.29) is 22.3 Å². The summed E-state index contributed by atoms with van der Waals surface area (Å²) in [5.74, 6) is 0.429. The Morgan fingerprint density at radius 3 is 2.65 bits per heavy atom. The van der Waals surface area contributed by atoms with Crippen LogP contribution in [0.2, 0.25) is 0 Å². The van der Waals surface area contributed by atoms with Crippen molar-refractivity contribution in [1.29, 1.82) is 0 Å². The van der Waals surface area contributed by atoms with E-state index in [4.69, 9.17) is 5.73 Å². The number of piperidine rings is 1. The van der Waals surface area contributed by atoms with Crippen LogP contribution in [-0.4, -0.2) is 30.2 Å². The Morgan fingerprint density at radius 1 is 1.35 bits per heavy atom. The molecule has 1 saturated heterocycles. The van der Waals surface area contributed by atoms with Crippen molar-refractivity contribution >= 4 is 21.4 Å². The van der Waals surface area contributed by atoms with Crippen molar-refractivity contribution < 1.29 is 13.3 Å². The Labute approximate surface area is 116 Å². The minimum Gasteiger partial charge on any atom is -0.393 e. The number of rotatable bonds is 3. The summed E-state index contributed by atoms with van der Waals surface area (Å²) in [5, 5.41) is 10.9. The van der Waals surface area contributed by atoms with Crippen molar-refractivity contribution in [2.45, 2.75) is 30.2 Å². The van der Waals surface area contributed by atoms with Gasteiger partial charge < -0.3 is 5.73 Å². The maximum Gasteiger partial charge on any atom is 0.293 e. The van der Waals surface area contributed by atoms with E-state index in [1.54, 1.807) is 0 Å². The number of nitrogens with two attached hydrogens (primary N) is 1. The van der Waals surface area contributed by atoms with Gasteiger partial charge >= 0.3 is 0 Å². The van der Waals surface area contributed by atoms with Crippen molar-refractivity contribution in [3.05, 3.63) is 28.3 Å². The standard InChI is InChI=1S/C12H15N3O4S/c13-11-4-3-10(6-12(11)15(16)17)20(18,19)14-7-8-1-2-9(14)5-8/h3-4,6,8-9H,1-2,5,7,13H2. The number of nitro groups is 1. The molecule has 3 rings (SSSR count). The molecular weight excluding hydrogens is 282 g/mol. The van der Waals surface area contributed by atoms with E-state index in [1.807, 2.05) is 0 Å². The fourth-order valence-corrected chi connectivity index (χ4v) is 4.91. The third kappa shape index (κ3) is 1.95. The van der Waals surface area contributed by atoms with Crippen LogP contribution in [0.3, 0.4) is 0 Å². The number of sulfonamides is 1. The maximum absolute atomic E-state index is 12.6. The topological polar surface area (TPSA) is 107 Å². The second kappa shape index (κ2) is 4.42. The average Bonchev–Trinajstić information content (AvgIpc) is 3.01. The monoisotopic (exact) mass is 297 g/mol. The number of nitrogen functional groups attached to an aromatic ring is 1. The smallest absolute Gasteiger partial charge is 0.293 e. The number of nitro benzene ring substituents is 1. The first kappa shape index (κ1) is 13.3. The molecule has 2 aliphatic rings. The van der Waals surface area contributed by atoms with Gasteiger partial charge in [-0.2, -0.15) is 4.31 Å². The van der Waals surface area contributed by atoms with Crippen molar-refractivity contribution in [3.63, 3.8) is 0 Å². The van der Waals surface area contributed by atoms with E-state index < -0.39 is 14.9 Å². The molecule has 1 aliphatic carbocycles. The zero-order chi connectivity index (χ0) is 14.5. The van der Waals surface area contributed by atoms with Crippen LogP contribution in [0.25, 0.3) is 0 Å². The van der Waals surface area contributed by atoms with Crippen LogP contribution < -0.4 is 5.73 Å². The second-order valence-electron chi connectivity index (χ2n) is 5.39. The Balaban J connectivity index is 2.00. The summed E-state index contributed by atoms with van der Waals surface area (Å²) in [4.78, 5) is 10.2. The molecule has 0 aromatic heterocycles. The van der Waals surface area contributed by atoms with Gasteiger partial charge in [-0.15, -0.1) is 0 Å². The molecule has 1 aromatic carbocycles. The summed E-state index contributed by atoms with van der Waals surface area (Å²) >= 11 is 0. The zero-order valence-electron chi connectivity index (χ0n) is 10.7. The van der Waals surface area contributed by atoms with Gasteiger partial charge in [0.15, 0.2) is 0 Å². The Kier molecular flexibility index (Phi) is 2.94. The molecule has 2 unspecified atom stereocenters. The molecular formula is C12H15N3O4S. The van der Waals surface area contributed by atoms with E-state index in [1.165, 1.54) is 16.4 Å². The van der Waals surface area contributed by atoms with Crippen molar-refractivity contribution in [2.24, 2.45) is 5.92 Å². The highest BCUT2D eigenvalue weighted by Crippen LogP contribution is 2.41. The SMILES string of the molecule is Nc1ccc(S(=O)(=O)N2CC3CCC2C3)cc1[N+](=O)[O-]. The second-order valence-corrected chi connectivity index (χ2v) is 7.28. The van der Waals surface area contributed by atoms with Gasteiger partial charge in [0.05, 0.1) is 9.82 Å². The van der Waals surface area contributed by atoms with Crippen LogP contribution in [0.5, 0.6) is 0 Å². The van der Waals surface area contributed by atoms with E-state index >= 15 is 0 Å². The highest BCUT2D eigenvalue weighted by molar-refractivity contribution is 7.89. The molecule has 1 heterocycles. The summed E-state index contributed by atoms with van der Waals surface area (Å²) in [6, 6.07) is 3.71. The Bertz CT molecular complexity index is 673. The molecule has 1 aromatic rings. The molecule has 2 fully saturated rings. The number of anilines is 1. The average molecular weight is 297 g/mol. The molecule has 2 N–H and O–H groups in total. The van der Waals surface area contributed by atoms with Crippen molar-refractivity contribution in [1.82, 2.24) is 4.31 Å². The maximum atomic E-state index is 12.6. The van der Waals surface area contributed by atoms with Gasteiger partial charge in [0, 0.05) is 18.7 Å². The molecule has 1 saturated carbocycles. The lowest BCUT2D eigenvalue weighted by Crippen LogP contribution is -2.37. The molecule has 0 radical (unpaired) electrons. The summed E-state index contributed by atoms with van der Waals surface area (Å²) in [6.45, 7) is 0.519. The quantitative estimate of drug-likeness (QED) is 0.515. The normalized spacial score (nSPS) is 26.0. The van der Waals surface area contributed by atoms with Crippen LogP contribution in [0.15, 0.2) is 23.1 Å². The lowest BCUT2D eigenvalue weighted by atomic mass is 10.1. The van der Waals surface area contributed by atoms with E-state index in [2.05, 4.69) is 0 Å². The van der Waals surface area contributed by atoms with Gasteiger partial charge in [-0.1, -0.05) is 0 Å². The first-order chi connectivity index (χ1) is 9.39. The Morgan fingerprint density at radius 2 is 2.10 bits per heavy atom. The molecule has 0 spiro atoms. The van der Waals surface area contributed by atoms with E-state index in [9.17, 15) is 18.5 Å². The van der Waals surface area contributed by atoms with Crippen LogP contribution >= 0.6 is 0 Å². The molecule has 0 amide bonds. The minimum atomic E-state index is -3.67. The summed E-state index contributed by atoms with van der Waals surface area (Å²) < 4.78 is 26.6. The summed E-state index contributed by atoms with van der Waals surface area (Å²) in [5.41, 5.74) is 5.10. The van der Waals surface area contributed by atoms with Crippen molar-refractivity contribution in [2.75, 3.05) is 12.3 Å². The lowest BCUT2D eigenvalue weighted by molar-refractivity contribution is -0.384. The predicted octanol–water partition coefficient (Wildman–Crippen LogP) is 1.35. The van der Waals surface area contributed by atoms with Gasteiger partial charge in [0.1, 0.15) is 5.69 Å². The van der Waals surface area contributed by atoms with E-state index in [0.29, 0.717) is 12.5 Å². The lowest BCUT2D eigenvalue weighted by Gasteiger charge is -2.26. The fraction of sp³-hybridized carbons (Fsp3) is 0.500. The Hall–Kier alpha value is -1.67. The predicted molar refractivity (Wildman–Crippen MR) is 72.5 cm³/mol. The summed E-state index contributed by atoms with van der Waals surface area (Å²) in [7, 11) is -3.67. The first-order valence-electron chi connectivity index (χ1n) is 6.45. The molecule has 20 heavy (non-hydrogen) atoms. The zero-order valence-corrected chi connectivity index (χ0v) is 11.5.